The Morgan fingerprint density at radius 1 is 1.03 bits per heavy atom. The topological polar surface area (TPSA) is 86.0 Å². The fraction of sp³-hybridized carbons (Fsp3) is 0.0417. The SMILES string of the molecule is Nc1ccc(C#Cc2cncnc2Nc2ccc(OCc3cccc(F)c3)c(Cl)c2)cn1. The van der Waals surface area contributed by atoms with E-state index in [1.165, 1.54) is 18.5 Å². The minimum Gasteiger partial charge on any atom is -0.487 e. The molecular weight excluding hydrogens is 429 g/mol. The predicted molar refractivity (Wildman–Crippen MR) is 122 cm³/mol. The van der Waals surface area contributed by atoms with Crippen molar-refractivity contribution in [2.45, 2.75) is 6.61 Å². The van der Waals surface area contributed by atoms with E-state index in [1.54, 1.807) is 54.9 Å². The molecule has 2 heterocycles. The summed E-state index contributed by atoms with van der Waals surface area (Å²) in [7, 11) is 0. The van der Waals surface area contributed by atoms with Gasteiger partial charge in [0, 0.05) is 23.6 Å². The molecule has 0 unspecified atom stereocenters. The van der Waals surface area contributed by atoms with Gasteiger partial charge in [0.2, 0.25) is 0 Å². The van der Waals surface area contributed by atoms with Crippen LogP contribution in [0.3, 0.4) is 0 Å². The van der Waals surface area contributed by atoms with Crippen molar-refractivity contribution in [1.82, 2.24) is 15.0 Å². The fourth-order valence-electron chi connectivity index (χ4n) is 2.76. The highest BCUT2D eigenvalue weighted by molar-refractivity contribution is 6.32. The van der Waals surface area contributed by atoms with E-state index in [4.69, 9.17) is 22.1 Å². The average molecular weight is 446 g/mol. The van der Waals surface area contributed by atoms with Crippen LogP contribution in [0.2, 0.25) is 5.02 Å². The van der Waals surface area contributed by atoms with Gasteiger partial charge in [0.15, 0.2) is 0 Å². The molecule has 0 aliphatic carbocycles. The van der Waals surface area contributed by atoms with Gasteiger partial charge in [0.05, 0.1) is 10.6 Å². The molecule has 32 heavy (non-hydrogen) atoms. The summed E-state index contributed by atoms with van der Waals surface area (Å²) in [5, 5.41) is 3.59. The molecule has 0 fully saturated rings. The number of pyridine rings is 1. The highest BCUT2D eigenvalue weighted by atomic mass is 35.5. The van der Waals surface area contributed by atoms with E-state index >= 15 is 0 Å². The van der Waals surface area contributed by atoms with Gasteiger partial charge in [-0.1, -0.05) is 35.6 Å². The second kappa shape index (κ2) is 9.77. The van der Waals surface area contributed by atoms with Crippen molar-refractivity contribution < 1.29 is 9.13 Å². The third kappa shape index (κ3) is 5.50. The Hall–Kier alpha value is -4.15. The maximum Gasteiger partial charge on any atom is 0.149 e. The number of rotatable bonds is 5. The lowest BCUT2D eigenvalue weighted by atomic mass is 10.2. The minimum atomic E-state index is -0.312. The molecule has 0 aliphatic rings. The number of halogens is 2. The normalized spacial score (nSPS) is 10.2. The van der Waals surface area contributed by atoms with Crippen molar-refractivity contribution in [2.75, 3.05) is 11.1 Å². The number of nitrogen functional groups attached to an aromatic ring is 1. The molecule has 4 aromatic rings. The number of nitrogens with zero attached hydrogens (tertiary/aromatic N) is 3. The molecule has 0 spiro atoms. The monoisotopic (exact) mass is 445 g/mol. The van der Waals surface area contributed by atoms with Crippen molar-refractivity contribution >= 4 is 28.9 Å². The van der Waals surface area contributed by atoms with Gasteiger partial charge in [-0.2, -0.15) is 0 Å². The average Bonchev–Trinajstić information content (AvgIpc) is 2.79. The summed E-state index contributed by atoms with van der Waals surface area (Å²) in [6, 6.07) is 14.9. The van der Waals surface area contributed by atoms with Gasteiger partial charge in [0.1, 0.15) is 36.1 Å². The molecule has 2 aromatic heterocycles. The van der Waals surface area contributed by atoms with Crippen LogP contribution in [0.1, 0.15) is 16.7 Å². The summed E-state index contributed by atoms with van der Waals surface area (Å²) in [5.41, 5.74) is 8.33. The van der Waals surface area contributed by atoms with Crippen molar-refractivity contribution in [1.29, 1.82) is 0 Å². The van der Waals surface area contributed by atoms with Crippen LogP contribution in [0.4, 0.5) is 21.7 Å². The molecular formula is C24H17ClFN5O. The number of anilines is 3. The first-order valence-electron chi connectivity index (χ1n) is 9.54. The molecule has 4 rings (SSSR count). The Kier molecular flexibility index (Phi) is 6.44. The van der Waals surface area contributed by atoms with Crippen LogP contribution in [0.15, 0.2) is 73.3 Å². The van der Waals surface area contributed by atoms with Gasteiger partial charge in [-0.05, 0) is 48.0 Å². The Morgan fingerprint density at radius 3 is 2.72 bits per heavy atom. The van der Waals surface area contributed by atoms with Gasteiger partial charge in [-0.25, -0.2) is 19.3 Å². The molecule has 158 valence electrons. The van der Waals surface area contributed by atoms with Gasteiger partial charge in [0.25, 0.3) is 0 Å². The lowest BCUT2D eigenvalue weighted by molar-refractivity contribution is 0.306. The van der Waals surface area contributed by atoms with Crippen LogP contribution in [-0.2, 0) is 6.61 Å². The third-order valence-corrected chi connectivity index (χ3v) is 4.61. The quantitative estimate of drug-likeness (QED) is 0.422. The summed E-state index contributed by atoms with van der Waals surface area (Å²) in [6.07, 6.45) is 4.64. The highest BCUT2D eigenvalue weighted by Crippen LogP contribution is 2.30. The largest absolute Gasteiger partial charge is 0.487 e. The number of nitrogens with one attached hydrogen (secondary N) is 1. The van der Waals surface area contributed by atoms with Crippen LogP contribution in [0.25, 0.3) is 0 Å². The molecule has 8 heteroatoms. The second-order valence-corrected chi connectivity index (χ2v) is 7.10. The van der Waals surface area contributed by atoms with E-state index in [0.717, 1.165) is 5.56 Å². The summed E-state index contributed by atoms with van der Waals surface area (Å²) in [6.45, 7) is 0.204. The zero-order valence-electron chi connectivity index (χ0n) is 16.7. The Balaban J connectivity index is 1.48. The number of aromatic nitrogens is 3. The zero-order chi connectivity index (χ0) is 22.3. The first kappa shape index (κ1) is 21.1. The number of hydrogen-bond donors (Lipinski definition) is 2. The molecule has 2 aromatic carbocycles. The van der Waals surface area contributed by atoms with Crippen LogP contribution < -0.4 is 15.8 Å². The molecule has 0 aliphatic heterocycles. The molecule has 0 radical (unpaired) electrons. The molecule has 6 nitrogen and oxygen atoms in total. The van der Waals surface area contributed by atoms with Gasteiger partial charge < -0.3 is 15.8 Å². The van der Waals surface area contributed by atoms with Crippen LogP contribution in [0, 0.1) is 17.7 Å². The van der Waals surface area contributed by atoms with Crippen LogP contribution in [-0.4, -0.2) is 15.0 Å². The Morgan fingerprint density at radius 2 is 1.94 bits per heavy atom. The lowest BCUT2D eigenvalue weighted by Crippen LogP contribution is -1.99. The van der Waals surface area contributed by atoms with E-state index in [0.29, 0.717) is 39.2 Å². The van der Waals surface area contributed by atoms with Gasteiger partial charge in [-0.15, -0.1) is 0 Å². The number of nitrogens with two attached hydrogens (primary N) is 1. The lowest BCUT2D eigenvalue weighted by Gasteiger charge is -2.11. The summed E-state index contributed by atoms with van der Waals surface area (Å²) in [4.78, 5) is 12.3. The van der Waals surface area contributed by atoms with Crippen LogP contribution >= 0.6 is 11.6 Å². The first-order valence-corrected chi connectivity index (χ1v) is 9.92. The summed E-state index contributed by atoms with van der Waals surface area (Å²) < 4.78 is 19.0. The maximum atomic E-state index is 13.3. The van der Waals surface area contributed by atoms with E-state index in [-0.39, 0.29) is 12.4 Å². The Bertz CT molecular complexity index is 1300. The molecule has 3 N–H and O–H groups in total. The molecule has 0 atom stereocenters. The highest BCUT2D eigenvalue weighted by Gasteiger charge is 2.07. The molecule has 0 saturated heterocycles. The van der Waals surface area contributed by atoms with Gasteiger partial charge in [-0.3, -0.25) is 0 Å². The fourth-order valence-corrected chi connectivity index (χ4v) is 2.99. The number of ether oxygens (including phenoxy) is 1. The number of benzene rings is 2. The smallest absolute Gasteiger partial charge is 0.149 e. The first-order chi connectivity index (χ1) is 15.6. The second-order valence-electron chi connectivity index (χ2n) is 6.70. The van der Waals surface area contributed by atoms with Crippen molar-refractivity contribution in [3.8, 4) is 17.6 Å². The minimum absolute atomic E-state index is 0.204. The maximum absolute atomic E-state index is 13.3. The standard InChI is InChI=1S/C24H17ClFN5O/c25-21-11-20(7-8-22(21)32-14-17-2-1-3-19(26)10-17)31-24-18(13-28-15-30-24)6-4-16-5-9-23(27)29-12-16/h1-3,5,7-13,15H,14H2,(H2,27,29)(H,28,30,31). The van der Waals surface area contributed by atoms with Crippen LogP contribution in [0.5, 0.6) is 5.75 Å². The van der Waals surface area contributed by atoms with Gasteiger partial charge >= 0.3 is 0 Å². The molecule has 0 bridgehead atoms. The van der Waals surface area contributed by atoms with Crippen molar-refractivity contribution in [2.24, 2.45) is 0 Å². The summed E-state index contributed by atoms with van der Waals surface area (Å²) in [5.74, 6) is 7.18. The molecule has 0 amide bonds. The van der Waals surface area contributed by atoms with Crippen molar-refractivity contribution in [3.63, 3.8) is 0 Å². The van der Waals surface area contributed by atoms with E-state index in [2.05, 4.69) is 32.1 Å². The Labute approximate surface area is 189 Å². The summed E-state index contributed by atoms with van der Waals surface area (Å²) >= 11 is 6.37. The number of hydrogen-bond acceptors (Lipinski definition) is 6. The molecule has 0 saturated carbocycles. The van der Waals surface area contributed by atoms with E-state index < -0.39 is 0 Å². The van der Waals surface area contributed by atoms with E-state index in [1.807, 2.05) is 0 Å². The third-order valence-electron chi connectivity index (χ3n) is 4.32. The zero-order valence-corrected chi connectivity index (χ0v) is 17.5. The van der Waals surface area contributed by atoms with E-state index in [9.17, 15) is 4.39 Å². The van der Waals surface area contributed by atoms with Crippen molar-refractivity contribution in [3.05, 3.63) is 101 Å². The predicted octanol–water partition coefficient (Wildman–Crippen LogP) is 4.97.